The highest BCUT2D eigenvalue weighted by atomic mass is 19.1. The summed E-state index contributed by atoms with van der Waals surface area (Å²) in [6.07, 6.45) is 2.90. The van der Waals surface area contributed by atoms with E-state index in [1.54, 1.807) is 0 Å². The van der Waals surface area contributed by atoms with Gasteiger partial charge in [0.2, 0.25) is 0 Å². The minimum Gasteiger partial charge on any atom is -0.396 e. The molecule has 0 heterocycles. The average Bonchev–Trinajstić information content (AvgIpc) is 2.35. The SMILES string of the molecule is Nc1ccc(C(=O)N[C@@H]2CCCC[C@H]2O)cc1F. The van der Waals surface area contributed by atoms with Crippen LogP contribution in [0.5, 0.6) is 0 Å². The standard InChI is InChI=1S/C13H17FN2O2/c14-9-7-8(5-6-10(9)15)13(18)16-11-3-1-2-4-12(11)17/h5-7,11-12,17H,1-4,15H2,(H,16,18)/t11-,12-/m1/s1. The topological polar surface area (TPSA) is 75.4 Å². The molecule has 2 atom stereocenters. The van der Waals surface area contributed by atoms with Crippen LogP contribution in [0.2, 0.25) is 0 Å². The molecular weight excluding hydrogens is 235 g/mol. The van der Waals surface area contributed by atoms with Crippen molar-refractivity contribution in [3.05, 3.63) is 29.6 Å². The van der Waals surface area contributed by atoms with E-state index in [1.807, 2.05) is 0 Å². The maximum atomic E-state index is 13.2. The summed E-state index contributed by atoms with van der Waals surface area (Å²) in [6, 6.07) is 3.71. The third-order valence-corrected chi connectivity index (χ3v) is 3.31. The molecule has 98 valence electrons. The molecule has 0 aliphatic heterocycles. The van der Waals surface area contributed by atoms with E-state index in [0.29, 0.717) is 6.42 Å². The van der Waals surface area contributed by atoms with Crippen LogP contribution in [-0.2, 0) is 0 Å². The van der Waals surface area contributed by atoms with Crippen LogP contribution in [-0.4, -0.2) is 23.2 Å². The van der Waals surface area contributed by atoms with Gasteiger partial charge in [-0.2, -0.15) is 0 Å². The van der Waals surface area contributed by atoms with Gasteiger partial charge in [0.15, 0.2) is 0 Å². The number of nitrogens with two attached hydrogens (primary N) is 1. The first kappa shape index (κ1) is 12.8. The lowest BCUT2D eigenvalue weighted by molar-refractivity contribution is 0.0717. The zero-order chi connectivity index (χ0) is 13.1. The van der Waals surface area contributed by atoms with Gasteiger partial charge in [-0.15, -0.1) is 0 Å². The first-order valence-electron chi connectivity index (χ1n) is 6.12. The van der Waals surface area contributed by atoms with Crippen LogP contribution in [0.25, 0.3) is 0 Å². The number of rotatable bonds is 2. The molecule has 1 aromatic rings. The number of benzene rings is 1. The summed E-state index contributed by atoms with van der Waals surface area (Å²) in [5.74, 6) is -0.980. The molecule has 0 radical (unpaired) electrons. The Morgan fingerprint density at radius 1 is 1.39 bits per heavy atom. The smallest absolute Gasteiger partial charge is 0.251 e. The predicted molar refractivity (Wildman–Crippen MR) is 66.5 cm³/mol. The summed E-state index contributed by atoms with van der Waals surface area (Å²) in [5.41, 5.74) is 5.59. The Hall–Kier alpha value is -1.62. The number of aliphatic hydroxyl groups is 1. The Morgan fingerprint density at radius 2 is 2.11 bits per heavy atom. The minimum atomic E-state index is -0.605. The fourth-order valence-electron chi connectivity index (χ4n) is 2.20. The minimum absolute atomic E-state index is 0.0178. The van der Waals surface area contributed by atoms with Crippen molar-refractivity contribution in [3.63, 3.8) is 0 Å². The van der Waals surface area contributed by atoms with Crippen LogP contribution in [0.3, 0.4) is 0 Å². The number of carbonyl (C=O) groups is 1. The molecular formula is C13H17FN2O2. The fourth-order valence-corrected chi connectivity index (χ4v) is 2.20. The monoisotopic (exact) mass is 252 g/mol. The number of hydrogen-bond acceptors (Lipinski definition) is 3. The van der Waals surface area contributed by atoms with Crippen molar-refractivity contribution in [3.8, 4) is 0 Å². The summed E-state index contributed by atoms with van der Waals surface area (Å²) in [4.78, 5) is 11.9. The third-order valence-electron chi connectivity index (χ3n) is 3.31. The van der Waals surface area contributed by atoms with E-state index >= 15 is 0 Å². The van der Waals surface area contributed by atoms with E-state index in [9.17, 15) is 14.3 Å². The zero-order valence-electron chi connectivity index (χ0n) is 10.0. The molecule has 1 fully saturated rings. The number of hydrogen-bond donors (Lipinski definition) is 3. The Balaban J connectivity index is 2.04. The molecule has 0 aromatic heterocycles. The number of amides is 1. The van der Waals surface area contributed by atoms with Gasteiger partial charge in [0.05, 0.1) is 17.8 Å². The Morgan fingerprint density at radius 3 is 2.78 bits per heavy atom. The van der Waals surface area contributed by atoms with Crippen LogP contribution in [0, 0.1) is 5.82 Å². The van der Waals surface area contributed by atoms with Gasteiger partial charge in [-0.3, -0.25) is 4.79 Å². The van der Waals surface area contributed by atoms with Crippen LogP contribution in [0.15, 0.2) is 18.2 Å². The van der Waals surface area contributed by atoms with E-state index in [2.05, 4.69) is 5.32 Å². The summed E-state index contributed by atoms with van der Waals surface area (Å²) in [7, 11) is 0. The average molecular weight is 252 g/mol. The molecule has 1 aromatic carbocycles. The Labute approximate surface area is 105 Å². The molecule has 5 heteroatoms. The van der Waals surface area contributed by atoms with Gasteiger partial charge in [0, 0.05) is 5.56 Å². The van der Waals surface area contributed by atoms with Gasteiger partial charge in [-0.25, -0.2) is 4.39 Å². The van der Waals surface area contributed by atoms with E-state index in [-0.39, 0.29) is 23.2 Å². The largest absolute Gasteiger partial charge is 0.396 e. The van der Waals surface area contributed by atoms with Crippen molar-refractivity contribution < 1.29 is 14.3 Å². The van der Waals surface area contributed by atoms with Gasteiger partial charge in [-0.05, 0) is 31.0 Å². The van der Waals surface area contributed by atoms with E-state index in [1.165, 1.54) is 12.1 Å². The van der Waals surface area contributed by atoms with E-state index in [0.717, 1.165) is 25.3 Å². The molecule has 0 unspecified atom stereocenters. The van der Waals surface area contributed by atoms with Gasteiger partial charge in [0.1, 0.15) is 5.82 Å². The molecule has 1 amide bonds. The molecule has 1 aliphatic rings. The van der Waals surface area contributed by atoms with Crippen LogP contribution in [0.4, 0.5) is 10.1 Å². The maximum Gasteiger partial charge on any atom is 0.251 e. The molecule has 4 N–H and O–H groups in total. The van der Waals surface area contributed by atoms with Crippen LogP contribution >= 0.6 is 0 Å². The Bertz CT molecular complexity index is 451. The second-order valence-electron chi connectivity index (χ2n) is 4.67. The van der Waals surface area contributed by atoms with Gasteiger partial charge in [0.25, 0.3) is 5.91 Å². The Kier molecular flexibility index (Phi) is 3.81. The predicted octanol–water partition coefficient (Wildman–Crippen LogP) is 1.44. The van der Waals surface area contributed by atoms with Crippen molar-refractivity contribution in [1.29, 1.82) is 0 Å². The van der Waals surface area contributed by atoms with Crippen molar-refractivity contribution in [2.24, 2.45) is 0 Å². The van der Waals surface area contributed by atoms with Gasteiger partial charge < -0.3 is 16.2 Å². The first-order valence-corrected chi connectivity index (χ1v) is 6.12. The van der Waals surface area contributed by atoms with Crippen LogP contribution in [0.1, 0.15) is 36.0 Å². The highest BCUT2D eigenvalue weighted by molar-refractivity contribution is 5.94. The molecule has 0 saturated heterocycles. The van der Waals surface area contributed by atoms with Crippen molar-refractivity contribution >= 4 is 11.6 Å². The second-order valence-corrected chi connectivity index (χ2v) is 4.67. The number of carbonyl (C=O) groups excluding carboxylic acids is 1. The molecule has 18 heavy (non-hydrogen) atoms. The first-order chi connectivity index (χ1) is 8.58. The number of anilines is 1. The summed E-state index contributed by atoms with van der Waals surface area (Å²) in [5, 5.41) is 12.5. The van der Waals surface area contributed by atoms with Crippen molar-refractivity contribution in [1.82, 2.24) is 5.32 Å². The molecule has 1 aliphatic carbocycles. The van der Waals surface area contributed by atoms with E-state index < -0.39 is 11.9 Å². The normalized spacial score (nSPS) is 23.7. The number of nitrogens with one attached hydrogen (secondary N) is 1. The number of halogens is 1. The highest BCUT2D eigenvalue weighted by Gasteiger charge is 2.24. The van der Waals surface area contributed by atoms with E-state index in [4.69, 9.17) is 5.73 Å². The lowest BCUT2D eigenvalue weighted by Crippen LogP contribution is -2.45. The quantitative estimate of drug-likeness (QED) is 0.697. The summed E-state index contributed by atoms with van der Waals surface area (Å²) < 4.78 is 13.2. The highest BCUT2D eigenvalue weighted by Crippen LogP contribution is 2.19. The number of nitrogen functional groups attached to an aromatic ring is 1. The van der Waals surface area contributed by atoms with Crippen molar-refractivity contribution in [2.75, 3.05) is 5.73 Å². The van der Waals surface area contributed by atoms with Gasteiger partial charge in [-0.1, -0.05) is 12.8 Å². The summed E-state index contributed by atoms with van der Waals surface area (Å²) in [6.45, 7) is 0. The summed E-state index contributed by atoms with van der Waals surface area (Å²) >= 11 is 0. The van der Waals surface area contributed by atoms with Crippen molar-refractivity contribution in [2.45, 2.75) is 37.8 Å². The second kappa shape index (κ2) is 5.35. The molecule has 0 spiro atoms. The fraction of sp³-hybridized carbons (Fsp3) is 0.462. The van der Waals surface area contributed by atoms with Gasteiger partial charge >= 0.3 is 0 Å². The maximum absolute atomic E-state index is 13.2. The molecule has 1 saturated carbocycles. The molecule has 2 rings (SSSR count). The lowest BCUT2D eigenvalue weighted by Gasteiger charge is -2.28. The molecule has 4 nitrogen and oxygen atoms in total. The number of aliphatic hydroxyl groups excluding tert-OH is 1. The molecule has 0 bridgehead atoms. The third kappa shape index (κ3) is 2.79. The lowest BCUT2D eigenvalue weighted by atomic mass is 9.92. The zero-order valence-corrected chi connectivity index (χ0v) is 10.0. The van der Waals surface area contributed by atoms with Crippen LogP contribution < -0.4 is 11.1 Å².